The quantitative estimate of drug-likeness (QED) is 0.808. The number of carbonyl (C=O) groups is 1. The van der Waals surface area contributed by atoms with E-state index in [0.717, 1.165) is 43.6 Å². The summed E-state index contributed by atoms with van der Waals surface area (Å²) in [5.74, 6) is 0.854. The average Bonchev–Trinajstić information content (AvgIpc) is 2.66. The van der Waals surface area contributed by atoms with Crippen LogP contribution in [0.15, 0.2) is 36.8 Å². The maximum atomic E-state index is 12.5. The number of aromatic nitrogens is 3. The average molecular weight is 339 g/mol. The largest absolute Gasteiger partial charge is 0.343 e. The van der Waals surface area contributed by atoms with Gasteiger partial charge in [0.25, 0.3) is 0 Å². The highest BCUT2D eigenvalue weighted by Crippen LogP contribution is 2.19. The van der Waals surface area contributed by atoms with Crippen molar-refractivity contribution >= 4 is 5.91 Å². The van der Waals surface area contributed by atoms with E-state index in [1.807, 2.05) is 42.5 Å². The Bertz CT molecular complexity index is 689. The zero-order valence-electron chi connectivity index (χ0n) is 14.9. The lowest BCUT2D eigenvalue weighted by Gasteiger charge is -2.39. The smallest absolute Gasteiger partial charge is 0.239 e. The molecule has 0 saturated carbocycles. The van der Waals surface area contributed by atoms with Gasteiger partial charge in [0.1, 0.15) is 5.69 Å². The number of piperazine rings is 1. The van der Waals surface area contributed by atoms with Crippen molar-refractivity contribution in [2.24, 2.45) is 0 Å². The van der Waals surface area contributed by atoms with Crippen LogP contribution in [-0.4, -0.2) is 56.8 Å². The van der Waals surface area contributed by atoms with Crippen molar-refractivity contribution in [2.75, 3.05) is 20.1 Å². The molecule has 3 heterocycles. The number of hydrogen-bond acceptors (Lipinski definition) is 5. The first kappa shape index (κ1) is 17.5. The highest BCUT2D eigenvalue weighted by molar-refractivity contribution is 5.82. The van der Waals surface area contributed by atoms with Crippen LogP contribution >= 0.6 is 0 Å². The van der Waals surface area contributed by atoms with E-state index in [1.165, 1.54) is 0 Å². The van der Waals surface area contributed by atoms with Gasteiger partial charge < -0.3 is 4.90 Å². The van der Waals surface area contributed by atoms with E-state index in [9.17, 15) is 4.79 Å². The molecule has 1 fully saturated rings. The van der Waals surface area contributed by atoms with Gasteiger partial charge in [0.05, 0.1) is 6.04 Å². The van der Waals surface area contributed by atoms with Gasteiger partial charge in [0.2, 0.25) is 5.91 Å². The van der Waals surface area contributed by atoms with Gasteiger partial charge in [-0.25, -0.2) is 9.97 Å². The summed E-state index contributed by atoms with van der Waals surface area (Å²) in [5, 5.41) is 0. The number of likely N-dealkylation sites (N-methyl/N-ethyl adjacent to an activating group) is 1. The molecule has 2 aromatic heterocycles. The monoisotopic (exact) mass is 339 g/mol. The molecule has 1 aliphatic heterocycles. The lowest BCUT2D eigenvalue weighted by Crippen LogP contribution is -2.55. The van der Waals surface area contributed by atoms with Gasteiger partial charge in [-0.1, -0.05) is 25.8 Å². The molecule has 2 aromatic rings. The summed E-state index contributed by atoms with van der Waals surface area (Å²) in [6, 6.07) is 5.66. The van der Waals surface area contributed by atoms with Gasteiger partial charge >= 0.3 is 0 Å². The van der Waals surface area contributed by atoms with Crippen LogP contribution < -0.4 is 0 Å². The van der Waals surface area contributed by atoms with E-state index < -0.39 is 0 Å². The number of pyridine rings is 1. The molecule has 0 aliphatic carbocycles. The second-order valence-corrected chi connectivity index (χ2v) is 6.52. The fourth-order valence-electron chi connectivity index (χ4n) is 3.15. The first-order valence-electron chi connectivity index (χ1n) is 8.90. The molecule has 1 aliphatic rings. The van der Waals surface area contributed by atoms with Crippen molar-refractivity contribution in [2.45, 2.75) is 38.8 Å². The minimum atomic E-state index is -0.0332. The van der Waals surface area contributed by atoms with Crippen LogP contribution in [0.25, 0.3) is 11.5 Å². The van der Waals surface area contributed by atoms with Gasteiger partial charge in [0.15, 0.2) is 5.82 Å². The standard InChI is InChI=1S/C19H25N5O/c1-3-4-8-17-19(25)23(2)10-11-24(17)14-15-12-21-18(22-13-15)16-7-5-6-9-20-16/h5-7,9,12-13,17H,3-4,8,10-11,14H2,1-2H3. The maximum absolute atomic E-state index is 12.5. The van der Waals surface area contributed by atoms with Crippen LogP contribution in [0.3, 0.4) is 0 Å². The normalized spacial score (nSPS) is 18.6. The van der Waals surface area contributed by atoms with Crippen LogP contribution in [0.5, 0.6) is 0 Å². The Hall–Kier alpha value is -2.34. The molecule has 1 amide bonds. The van der Waals surface area contributed by atoms with Crippen molar-refractivity contribution in [3.05, 3.63) is 42.4 Å². The van der Waals surface area contributed by atoms with Gasteiger partial charge in [-0.15, -0.1) is 0 Å². The Morgan fingerprint density at radius 2 is 1.96 bits per heavy atom. The summed E-state index contributed by atoms with van der Waals surface area (Å²) in [4.78, 5) is 29.8. The topological polar surface area (TPSA) is 62.2 Å². The molecule has 1 unspecified atom stereocenters. The molecule has 6 heteroatoms. The third-order valence-corrected chi connectivity index (χ3v) is 4.64. The predicted octanol–water partition coefficient (Wildman–Crippen LogP) is 2.37. The Kier molecular flexibility index (Phi) is 5.71. The van der Waals surface area contributed by atoms with Gasteiger partial charge in [-0.05, 0) is 18.6 Å². The number of nitrogens with zero attached hydrogens (tertiary/aromatic N) is 5. The first-order chi connectivity index (χ1) is 12.2. The van der Waals surface area contributed by atoms with Gasteiger partial charge in [0, 0.05) is 50.8 Å². The maximum Gasteiger partial charge on any atom is 0.239 e. The summed E-state index contributed by atoms with van der Waals surface area (Å²) in [6.07, 6.45) is 8.50. The molecule has 0 spiro atoms. The first-order valence-corrected chi connectivity index (χ1v) is 8.90. The number of carbonyl (C=O) groups excluding carboxylic acids is 1. The van der Waals surface area contributed by atoms with Crippen molar-refractivity contribution in [1.82, 2.24) is 24.8 Å². The summed E-state index contributed by atoms with van der Waals surface area (Å²) < 4.78 is 0. The number of amides is 1. The Morgan fingerprint density at radius 3 is 2.64 bits per heavy atom. The number of hydrogen-bond donors (Lipinski definition) is 0. The number of rotatable bonds is 6. The lowest BCUT2D eigenvalue weighted by atomic mass is 10.0. The summed E-state index contributed by atoms with van der Waals surface area (Å²) in [7, 11) is 1.89. The fraction of sp³-hybridized carbons (Fsp3) is 0.474. The summed E-state index contributed by atoms with van der Waals surface area (Å²) >= 11 is 0. The van der Waals surface area contributed by atoms with E-state index in [1.54, 1.807) is 6.20 Å². The second kappa shape index (κ2) is 8.16. The van der Waals surface area contributed by atoms with Crippen molar-refractivity contribution in [3.8, 4) is 11.5 Å². The van der Waals surface area contributed by atoms with Crippen molar-refractivity contribution < 1.29 is 4.79 Å². The van der Waals surface area contributed by atoms with E-state index in [-0.39, 0.29) is 11.9 Å². The SMILES string of the molecule is CCCCC1C(=O)N(C)CCN1Cc1cnc(-c2ccccn2)nc1. The summed E-state index contributed by atoms with van der Waals surface area (Å²) in [5.41, 5.74) is 1.79. The third-order valence-electron chi connectivity index (χ3n) is 4.64. The Labute approximate surface area is 148 Å². The van der Waals surface area contributed by atoms with Crippen LogP contribution in [0.2, 0.25) is 0 Å². The Morgan fingerprint density at radius 1 is 1.16 bits per heavy atom. The molecular weight excluding hydrogens is 314 g/mol. The van der Waals surface area contributed by atoms with Crippen molar-refractivity contribution in [3.63, 3.8) is 0 Å². The molecule has 6 nitrogen and oxygen atoms in total. The molecule has 0 bridgehead atoms. The van der Waals surface area contributed by atoms with Crippen LogP contribution in [0.1, 0.15) is 31.7 Å². The highest BCUT2D eigenvalue weighted by atomic mass is 16.2. The third kappa shape index (κ3) is 4.20. The van der Waals surface area contributed by atoms with Gasteiger partial charge in [-0.3, -0.25) is 14.7 Å². The number of unbranched alkanes of at least 4 members (excludes halogenated alkanes) is 1. The minimum Gasteiger partial charge on any atom is -0.343 e. The van der Waals surface area contributed by atoms with Crippen LogP contribution in [0.4, 0.5) is 0 Å². The molecule has 3 rings (SSSR count). The van der Waals surface area contributed by atoms with E-state index >= 15 is 0 Å². The van der Waals surface area contributed by atoms with Crippen molar-refractivity contribution in [1.29, 1.82) is 0 Å². The van der Waals surface area contributed by atoms with Crippen LogP contribution in [0, 0.1) is 0 Å². The van der Waals surface area contributed by atoms with E-state index in [2.05, 4.69) is 26.8 Å². The Balaban J connectivity index is 1.70. The molecule has 0 aromatic carbocycles. The zero-order valence-corrected chi connectivity index (χ0v) is 14.9. The molecule has 1 atom stereocenters. The molecule has 1 saturated heterocycles. The molecule has 0 radical (unpaired) electrons. The molecule has 132 valence electrons. The molecule has 25 heavy (non-hydrogen) atoms. The second-order valence-electron chi connectivity index (χ2n) is 6.52. The van der Waals surface area contributed by atoms with Gasteiger partial charge in [-0.2, -0.15) is 0 Å². The summed E-state index contributed by atoms with van der Waals surface area (Å²) in [6.45, 7) is 4.52. The van der Waals surface area contributed by atoms with Crippen LogP contribution in [-0.2, 0) is 11.3 Å². The minimum absolute atomic E-state index is 0.0332. The highest BCUT2D eigenvalue weighted by Gasteiger charge is 2.32. The molecule has 0 N–H and O–H groups in total. The predicted molar refractivity (Wildman–Crippen MR) is 96.6 cm³/mol. The fourth-order valence-corrected chi connectivity index (χ4v) is 3.15. The lowest BCUT2D eigenvalue weighted by molar-refractivity contribution is -0.140. The molecular formula is C19H25N5O. The van der Waals surface area contributed by atoms with E-state index in [4.69, 9.17) is 0 Å². The van der Waals surface area contributed by atoms with E-state index in [0.29, 0.717) is 12.4 Å². The zero-order chi connectivity index (χ0) is 17.6.